The van der Waals surface area contributed by atoms with Gasteiger partial charge in [0.1, 0.15) is 5.69 Å². The van der Waals surface area contributed by atoms with Crippen LogP contribution >= 0.6 is 0 Å². The molecule has 0 aliphatic carbocycles. The number of aromatic nitrogens is 5. The number of carbonyl (C=O) groups excluding carboxylic acids is 1. The Morgan fingerprint density at radius 2 is 2.00 bits per heavy atom. The van der Waals surface area contributed by atoms with Crippen molar-refractivity contribution in [2.24, 2.45) is 13.0 Å². The van der Waals surface area contributed by atoms with E-state index in [2.05, 4.69) is 20.1 Å². The number of aryl methyl sites for hydroxylation is 1. The molecule has 0 aromatic carbocycles. The van der Waals surface area contributed by atoms with Gasteiger partial charge < -0.3 is 14.0 Å². The second-order valence-corrected chi connectivity index (χ2v) is 7.57. The van der Waals surface area contributed by atoms with Gasteiger partial charge in [-0.3, -0.25) is 9.78 Å². The summed E-state index contributed by atoms with van der Waals surface area (Å²) in [5.74, 6) is 1.66. The summed E-state index contributed by atoms with van der Waals surface area (Å²) in [6.07, 6.45) is 7.08. The first-order valence-corrected chi connectivity index (χ1v) is 9.58. The van der Waals surface area contributed by atoms with Crippen LogP contribution in [-0.4, -0.2) is 48.6 Å². The van der Waals surface area contributed by atoms with Crippen LogP contribution in [0.4, 0.5) is 0 Å². The molecule has 3 aromatic heterocycles. The van der Waals surface area contributed by atoms with Crippen LogP contribution in [-0.2, 0) is 11.8 Å². The number of nitrogens with zero attached hydrogens (tertiary/aromatic N) is 6. The fourth-order valence-corrected chi connectivity index (χ4v) is 3.49. The molecule has 1 amide bonds. The first kappa shape index (κ1) is 18.3. The van der Waals surface area contributed by atoms with E-state index in [1.165, 1.54) is 0 Å². The number of hydrogen-bond donors (Lipinski definition) is 0. The highest BCUT2D eigenvalue weighted by Crippen LogP contribution is 2.29. The van der Waals surface area contributed by atoms with Crippen LogP contribution in [0, 0.1) is 5.92 Å². The summed E-state index contributed by atoms with van der Waals surface area (Å²) >= 11 is 0. The van der Waals surface area contributed by atoms with Gasteiger partial charge in [0.25, 0.3) is 5.89 Å². The van der Waals surface area contributed by atoms with Crippen LogP contribution in [0.1, 0.15) is 38.4 Å². The zero-order chi connectivity index (χ0) is 19.7. The van der Waals surface area contributed by atoms with Gasteiger partial charge in [-0.25, -0.2) is 4.98 Å². The minimum atomic E-state index is 0.0355. The van der Waals surface area contributed by atoms with Crippen molar-refractivity contribution in [3.05, 3.63) is 36.7 Å². The Morgan fingerprint density at radius 3 is 2.68 bits per heavy atom. The fourth-order valence-electron chi connectivity index (χ4n) is 3.49. The Balaban J connectivity index is 1.47. The Hall–Kier alpha value is -3.03. The van der Waals surface area contributed by atoms with E-state index in [0.717, 1.165) is 42.9 Å². The van der Waals surface area contributed by atoms with Crippen molar-refractivity contribution in [3.63, 3.8) is 0 Å². The number of likely N-dealkylation sites (tertiary alicyclic amines) is 1. The summed E-state index contributed by atoms with van der Waals surface area (Å²) in [4.78, 5) is 27.4. The molecule has 0 radical (unpaired) electrons. The molecule has 0 N–H and O–H groups in total. The maximum Gasteiger partial charge on any atom is 0.258 e. The molecule has 3 aromatic rings. The van der Waals surface area contributed by atoms with Crippen molar-refractivity contribution in [1.82, 2.24) is 29.6 Å². The topological polar surface area (TPSA) is 89.9 Å². The number of imidazole rings is 1. The number of pyridine rings is 1. The van der Waals surface area contributed by atoms with Crippen LogP contribution in [0.3, 0.4) is 0 Å². The van der Waals surface area contributed by atoms with E-state index in [0.29, 0.717) is 11.7 Å². The second kappa shape index (κ2) is 7.53. The monoisotopic (exact) mass is 380 g/mol. The maximum absolute atomic E-state index is 12.1. The average Bonchev–Trinajstić information content (AvgIpc) is 3.37. The highest BCUT2D eigenvalue weighted by atomic mass is 16.5. The van der Waals surface area contributed by atoms with E-state index in [4.69, 9.17) is 4.52 Å². The lowest BCUT2D eigenvalue weighted by Gasteiger charge is -2.31. The third-order valence-electron chi connectivity index (χ3n) is 5.08. The van der Waals surface area contributed by atoms with Crippen LogP contribution in [0.2, 0.25) is 0 Å². The molecule has 1 fully saturated rings. The Kier molecular flexibility index (Phi) is 4.93. The maximum atomic E-state index is 12.1. The SMILES string of the molecule is CC(C)C(=O)N1CCC(c2noc(-c3ccnc(-c4cn(C)cn4)c3)n2)CC1. The largest absolute Gasteiger partial charge is 0.342 e. The highest BCUT2D eigenvalue weighted by Gasteiger charge is 2.28. The molecule has 146 valence electrons. The van der Waals surface area contributed by atoms with Gasteiger partial charge in [-0.2, -0.15) is 4.98 Å². The predicted molar refractivity (Wildman–Crippen MR) is 103 cm³/mol. The third-order valence-corrected chi connectivity index (χ3v) is 5.08. The summed E-state index contributed by atoms with van der Waals surface area (Å²) in [5.41, 5.74) is 2.38. The number of rotatable bonds is 4. The minimum Gasteiger partial charge on any atom is -0.342 e. The molecular weight excluding hydrogens is 356 g/mol. The van der Waals surface area contributed by atoms with Crippen molar-refractivity contribution in [1.29, 1.82) is 0 Å². The van der Waals surface area contributed by atoms with Gasteiger partial charge >= 0.3 is 0 Å². The first-order valence-electron chi connectivity index (χ1n) is 9.58. The van der Waals surface area contributed by atoms with Gasteiger partial charge in [-0.05, 0) is 25.0 Å². The number of amides is 1. The Labute approximate surface area is 163 Å². The standard InChI is InChI=1S/C20H24N6O2/c1-13(2)20(27)26-8-5-14(6-9-26)18-23-19(28-24-18)15-4-7-21-16(10-15)17-11-25(3)12-22-17/h4,7,10-14H,5-6,8-9H2,1-3H3. The van der Waals surface area contributed by atoms with E-state index in [-0.39, 0.29) is 17.7 Å². The molecule has 1 aliphatic heterocycles. The molecule has 8 nitrogen and oxygen atoms in total. The van der Waals surface area contributed by atoms with Crippen molar-refractivity contribution < 1.29 is 9.32 Å². The molecule has 0 bridgehead atoms. The van der Waals surface area contributed by atoms with Crippen LogP contribution < -0.4 is 0 Å². The molecule has 0 spiro atoms. The van der Waals surface area contributed by atoms with Gasteiger partial charge in [-0.1, -0.05) is 19.0 Å². The highest BCUT2D eigenvalue weighted by molar-refractivity contribution is 5.78. The molecule has 0 saturated carbocycles. The van der Waals surface area contributed by atoms with Crippen LogP contribution in [0.15, 0.2) is 35.4 Å². The predicted octanol–water partition coefficient (Wildman–Crippen LogP) is 2.89. The lowest BCUT2D eigenvalue weighted by atomic mass is 9.95. The molecule has 0 atom stereocenters. The van der Waals surface area contributed by atoms with Crippen molar-refractivity contribution in [2.45, 2.75) is 32.6 Å². The van der Waals surface area contributed by atoms with Crippen molar-refractivity contribution >= 4 is 5.91 Å². The fraction of sp³-hybridized carbons (Fsp3) is 0.450. The van der Waals surface area contributed by atoms with Gasteiger partial charge in [0.15, 0.2) is 5.82 Å². The quantitative estimate of drug-likeness (QED) is 0.691. The van der Waals surface area contributed by atoms with Gasteiger partial charge in [-0.15, -0.1) is 0 Å². The van der Waals surface area contributed by atoms with Gasteiger partial charge in [0, 0.05) is 49.9 Å². The van der Waals surface area contributed by atoms with E-state index in [1.54, 1.807) is 12.5 Å². The van der Waals surface area contributed by atoms with Gasteiger partial charge in [0.2, 0.25) is 5.91 Å². The summed E-state index contributed by atoms with van der Waals surface area (Å²) in [6.45, 7) is 5.36. The molecule has 28 heavy (non-hydrogen) atoms. The summed E-state index contributed by atoms with van der Waals surface area (Å²) in [6, 6.07) is 3.76. The molecule has 0 unspecified atom stereocenters. The third kappa shape index (κ3) is 3.67. The zero-order valence-corrected chi connectivity index (χ0v) is 16.4. The number of carbonyl (C=O) groups is 1. The summed E-state index contributed by atoms with van der Waals surface area (Å²) in [5, 5.41) is 4.20. The average molecular weight is 380 g/mol. The second-order valence-electron chi connectivity index (χ2n) is 7.57. The van der Waals surface area contributed by atoms with E-state index in [9.17, 15) is 4.79 Å². The van der Waals surface area contributed by atoms with Crippen molar-refractivity contribution in [2.75, 3.05) is 13.1 Å². The Morgan fingerprint density at radius 1 is 1.21 bits per heavy atom. The molecular formula is C20H24N6O2. The van der Waals surface area contributed by atoms with E-state index >= 15 is 0 Å². The molecule has 4 heterocycles. The minimum absolute atomic E-state index is 0.0355. The lowest BCUT2D eigenvalue weighted by Crippen LogP contribution is -2.40. The van der Waals surface area contributed by atoms with Crippen molar-refractivity contribution in [3.8, 4) is 22.8 Å². The summed E-state index contributed by atoms with van der Waals surface area (Å²) in [7, 11) is 1.92. The molecule has 8 heteroatoms. The van der Waals surface area contributed by atoms with E-state index in [1.807, 2.05) is 48.7 Å². The van der Waals surface area contributed by atoms with Crippen LogP contribution in [0.5, 0.6) is 0 Å². The molecule has 1 aliphatic rings. The zero-order valence-electron chi connectivity index (χ0n) is 16.4. The number of hydrogen-bond acceptors (Lipinski definition) is 6. The van der Waals surface area contributed by atoms with E-state index < -0.39 is 0 Å². The Bertz CT molecular complexity index is 968. The number of piperidine rings is 1. The normalized spacial score (nSPS) is 15.4. The van der Waals surface area contributed by atoms with Gasteiger partial charge in [0.05, 0.1) is 12.0 Å². The summed E-state index contributed by atoms with van der Waals surface area (Å²) < 4.78 is 7.40. The molecule has 4 rings (SSSR count). The first-order chi connectivity index (χ1) is 13.5. The lowest BCUT2D eigenvalue weighted by molar-refractivity contribution is -0.135. The smallest absolute Gasteiger partial charge is 0.258 e. The van der Waals surface area contributed by atoms with Crippen LogP contribution in [0.25, 0.3) is 22.8 Å². The molecule has 1 saturated heterocycles.